The van der Waals surface area contributed by atoms with E-state index in [1.165, 1.54) is 12.5 Å². The van der Waals surface area contributed by atoms with Crippen molar-refractivity contribution in [2.45, 2.75) is 26.7 Å². The molecule has 0 aromatic carbocycles. The van der Waals surface area contributed by atoms with E-state index in [-0.39, 0.29) is 17.6 Å². The molecule has 0 aromatic rings. The lowest BCUT2D eigenvalue weighted by Gasteiger charge is -2.19. The van der Waals surface area contributed by atoms with Gasteiger partial charge in [0.1, 0.15) is 5.78 Å². The fourth-order valence-electron chi connectivity index (χ4n) is 2.52. The van der Waals surface area contributed by atoms with Crippen LogP contribution in [0.25, 0.3) is 0 Å². The fraction of sp³-hybridized carbons (Fsp3) is 0.571. The summed E-state index contributed by atoms with van der Waals surface area (Å²) in [7, 11) is 0. The first kappa shape index (κ1) is 12.1. The zero-order valence-corrected chi connectivity index (χ0v) is 10.5. The van der Waals surface area contributed by atoms with Gasteiger partial charge in [-0.05, 0) is 31.3 Å². The van der Waals surface area contributed by atoms with Gasteiger partial charge >= 0.3 is 0 Å². The Kier molecular flexibility index (Phi) is 3.46. The number of rotatable bonds is 3. The highest BCUT2D eigenvalue weighted by molar-refractivity contribution is 6.01. The number of amides is 1. The largest absolute Gasteiger partial charge is 0.338 e. The fourth-order valence-corrected chi connectivity index (χ4v) is 2.52. The average Bonchev–Trinajstić information content (AvgIpc) is 2.61. The van der Waals surface area contributed by atoms with Crippen LogP contribution in [0.1, 0.15) is 26.7 Å². The number of hydrogen-bond donors (Lipinski definition) is 0. The minimum Gasteiger partial charge on any atom is -0.338 e. The Balaban J connectivity index is 1.99. The van der Waals surface area contributed by atoms with E-state index >= 15 is 0 Å². The van der Waals surface area contributed by atoms with Gasteiger partial charge in [0, 0.05) is 13.1 Å². The second-order valence-electron chi connectivity index (χ2n) is 5.07. The molecule has 1 aliphatic carbocycles. The van der Waals surface area contributed by atoms with Gasteiger partial charge in [0.2, 0.25) is 5.91 Å². The van der Waals surface area contributed by atoms with Crippen LogP contribution >= 0.6 is 0 Å². The predicted molar refractivity (Wildman–Crippen MR) is 66.4 cm³/mol. The van der Waals surface area contributed by atoms with Crippen molar-refractivity contribution in [2.75, 3.05) is 13.1 Å². The first-order valence-electron chi connectivity index (χ1n) is 6.24. The Hall–Kier alpha value is -1.38. The first-order chi connectivity index (χ1) is 8.08. The summed E-state index contributed by atoms with van der Waals surface area (Å²) < 4.78 is 0. The van der Waals surface area contributed by atoms with Crippen LogP contribution < -0.4 is 0 Å². The van der Waals surface area contributed by atoms with Gasteiger partial charge in [-0.3, -0.25) is 9.59 Å². The molecule has 0 spiro atoms. The molecule has 0 N–H and O–H groups in total. The molecule has 0 radical (unpaired) electrons. The number of likely N-dealkylation sites (tertiary alicyclic amines) is 1. The van der Waals surface area contributed by atoms with E-state index in [0.717, 1.165) is 6.42 Å². The Morgan fingerprint density at radius 2 is 2.29 bits per heavy atom. The molecule has 3 heteroatoms. The van der Waals surface area contributed by atoms with E-state index in [4.69, 9.17) is 0 Å². The Bertz CT molecular complexity index is 395. The minimum absolute atomic E-state index is 0.000895. The molecule has 2 atom stereocenters. The lowest BCUT2D eigenvalue weighted by atomic mass is 9.98. The Morgan fingerprint density at radius 3 is 2.88 bits per heavy atom. The highest BCUT2D eigenvalue weighted by Crippen LogP contribution is 2.22. The van der Waals surface area contributed by atoms with E-state index in [1.807, 2.05) is 0 Å². The Morgan fingerprint density at radius 1 is 1.53 bits per heavy atom. The summed E-state index contributed by atoms with van der Waals surface area (Å²) >= 11 is 0. The summed E-state index contributed by atoms with van der Waals surface area (Å²) in [6.45, 7) is 5.05. The van der Waals surface area contributed by atoms with Crippen LogP contribution in [0.5, 0.6) is 0 Å². The standard InChI is InChI=1S/C14H19NO2/c1-10-4-3-5-12(8-10)9-15-7-6-13(11(2)16)14(15)17/h3,5,8,10,13H,4,6-7,9H2,1-2H3. The molecule has 1 heterocycles. The highest BCUT2D eigenvalue weighted by Gasteiger charge is 2.34. The van der Waals surface area contributed by atoms with Gasteiger partial charge in [-0.1, -0.05) is 25.2 Å². The first-order valence-corrected chi connectivity index (χ1v) is 6.24. The zero-order chi connectivity index (χ0) is 12.4. The number of carbonyl (C=O) groups excluding carboxylic acids is 2. The predicted octanol–water partition coefficient (Wildman–Crippen LogP) is 1.95. The summed E-state index contributed by atoms with van der Waals surface area (Å²) in [6, 6.07) is 0. The van der Waals surface area contributed by atoms with Crippen LogP contribution in [-0.2, 0) is 9.59 Å². The second kappa shape index (κ2) is 4.86. The van der Waals surface area contributed by atoms with Gasteiger partial charge in [0.15, 0.2) is 0 Å². The van der Waals surface area contributed by atoms with Crippen LogP contribution in [0, 0.1) is 11.8 Å². The molecule has 1 amide bonds. The quantitative estimate of drug-likeness (QED) is 0.699. The third kappa shape index (κ3) is 2.65. The highest BCUT2D eigenvalue weighted by atomic mass is 16.2. The SMILES string of the molecule is CC(=O)C1CCN(CC2=CC(C)CC=C2)C1=O. The maximum Gasteiger partial charge on any atom is 0.233 e. The van der Waals surface area contributed by atoms with Crippen molar-refractivity contribution in [2.24, 2.45) is 11.8 Å². The summed E-state index contributed by atoms with van der Waals surface area (Å²) in [5.41, 5.74) is 1.20. The molecule has 1 saturated heterocycles. The third-order valence-electron chi connectivity index (χ3n) is 3.50. The lowest BCUT2D eigenvalue weighted by molar-refractivity contribution is -0.135. The molecule has 92 valence electrons. The average molecular weight is 233 g/mol. The normalized spacial score (nSPS) is 28.5. The van der Waals surface area contributed by atoms with Crippen LogP contribution in [0.2, 0.25) is 0 Å². The zero-order valence-electron chi connectivity index (χ0n) is 10.5. The molecule has 2 rings (SSSR count). The number of Topliss-reactive ketones (excluding diaryl/α,β-unsaturated/α-hetero) is 1. The molecular weight excluding hydrogens is 214 g/mol. The van der Waals surface area contributed by atoms with Crippen molar-refractivity contribution in [3.05, 3.63) is 23.8 Å². The molecule has 2 unspecified atom stereocenters. The van der Waals surface area contributed by atoms with Gasteiger partial charge in [0.25, 0.3) is 0 Å². The van der Waals surface area contributed by atoms with Crippen molar-refractivity contribution < 1.29 is 9.59 Å². The van der Waals surface area contributed by atoms with Gasteiger partial charge in [-0.25, -0.2) is 0 Å². The summed E-state index contributed by atoms with van der Waals surface area (Å²) in [4.78, 5) is 25.0. The van der Waals surface area contributed by atoms with E-state index in [2.05, 4.69) is 25.2 Å². The van der Waals surface area contributed by atoms with Crippen molar-refractivity contribution in [1.29, 1.82) is 0 Å². The molecular formula is C14H19NO2. The number of nitrogens with zero attached hydrogens (tertiary/aromatic N) is 1. The van der Waals surface area contributed by atoms with Crippen molar-refractivity contribution in [3.8, 4) is 0 Å². The second-order valence-corrected chi connectivity index (χ2v) is 5.07. The van der Waals surface area contributed by atoms with Gasteiger partial charge < -0.3 is 4.90 Å². The maximum atomic E-state index is 12.0. The van der Waals surface area contributed by atoms with Gasteiger partial charge in [-0.2, -0.15) is 0 Å². The van der Waals surface area contributed by atoms with E-state index < -0.39 is 0 Å². The summed E-state index contributed by atoms with van der Waals surface area (Å²) in [6.07, 6.45) is 8.22. The van der Waals surface area contributed by atoms with E-state index in [1.54, 1.807) is 4.90 Å². The van der Waals surface area contributed by atoms with Crippen molar-refractivity contribution >= 4 is 11.7 Å². The molecule has 3 nitrogen and oxygen atoms in total. The number of hydrogen-bond acceptors (Lipinski definition) is 2. The lowest BCUT2D eigenvalue weighted by Crippen LogP contribution is -2.31. The van der Waals surface area contributed by atoms with Crippen molar-refractivity contribution in [1.82, 2.24) is 4.90 Å². The smallest absolute Gasteiger partial charge is 0.233 e. The molecule has 2 aliphatic rings. The van der Waals surface area contributed by atoms with Crippen LogP contribution in [0.4, 0.5) is 0 Å². The van der Waals surface area contributed by atoms with Gasteiger partial charge in [0.05, 0.1) is 5.92 Å². The van der Waals surface area contributed by atoms with Crippen molar-refractivity contribution in [3.63, 3.8) is 0 Å². The third-order valence-corrected chi connectivity index (χ3v) is 3.50. The summed E-state index contributed by atoms with van der Waals surface area (Å²) in [5.74, 6) is 0.168. The van der Waals surface area contributed by atoms with Crippen LogP contribution in [0.3, 0.4) is 0 Å². The minimum atomic E-state index is -0.388. The number of allylic oxidation sites excluding steroid dienone is 2. The molecule has 0 bridgehead atoms. The molecule has 0 saturated carbocycles. The number of carbonyl (C=O) groups is 2. The molecule has 1 aliphatic heterocycles. The maximum absolute atomic E-state index is 12.0. The van der Waals surface area contributed by atoms with E-state index in [0.29, 0.717) is 25.4 Å². The molecule has 17 heavy (non-hydrogen) atoms. The summed E-state index contributed by atoms with van der Waals surface area (Å²) in [5, 5.41) is 0. The van der Waals surface area contributed by atoms with E-state index in [9.17, 15) is 9.59 Å². The topological polar surface area (TPSA) is 37.4 Å². The monoisotopic (exact) mass is 233 g/mol. The number of ketones is 1. The Labute approximate surface area is 102 Å². The molecule has 0 aromatic heterocycles. The van der Waals surface area contributed by atoms with Crippen LogP contribution in [-0.4, -0.2) is 29.7 Å². The van der Waals surface area contributed by atoms with Gasteiger partial charge in [-0.15, -0.1) is 0 Å². The molecule has 1 fully saturated rings. The van der Waals surface area contributed by atoms with Crippen LogP contribution in [0.15, 0.2) is 23.8 Å².